The van der Waals surface area contributed by atoms with Crippen LogP contribution in [0, 0.1) is 5.92 Å². The van der Waals surface area contributed by atoms with E-state index in [-0.39, 0.29) is 0 Å². The van der Waals surface area contributed by atoms with Gasteiger partial charge in [0, 0.05) is 25.9 Å². The highest BCUT2D eigenvalue weighted by Gasteiger charge is 2.11. The number of hydrogen-bond acceptors (Lipinski definition) is 2. The van der Waals surface area contributed by atoms with Crippen LogP contribution in [0.5, 0.6) is 0 Å². The Morgan fingerprint density at radius 1 is 1.44 bits per heavy atom. The first kappa shape index (κ1) is 11.2. The molecular formula is C11H15ClN4. The van der Waals surface area contributed by atoms with E-state index in [1.165, 1.54) is 0 Å². The molecule has 0 aliphatic carbocycles. The lowest BCUT2D eigenvalue weighted by molar-refractivity contribution is 0.484. The SMILES string of the molecule is CC(C)Cn1nc(-c2ccnn2C)cc1Cl. The summed E-state index contributed by atoms with van der Waals surface area (Å²) in [5, 5.41) is 9.27. The topological polar surface area (TPSA) is 35.6 Å². The predicted molar refractivity (Wildman–Crippen MR) is 64.3 cm³/mol. The van der Waals surface area contributed by atoms with Crippen LogP contribution in [-0.4, -0.2) is 19.6 Å². The van der Waals surface area contributed by atoms with Gasteiger partial charge in [-0.3, -0.25) is 9.36 Å². The molecule has 0 N–H and O–H groups in total. The van der Waals surface area contributed by atoms with Crippen LogP contribution in [-0.2, 0) is 13.6 Å². The molecule has 0 saturated carbocycles. The largest absolute Gasteiger partial charge is 0.266 e. The summed E-state index contributed by atoms with van der Waals surface area (Å²) < 4.78 is 3.62. The maximum absolute atomic E-state index is 6.13. The highest BCUT2D eigenvalue weighted by molar-refractivity contribution is 6.29. The summed E-state index contributed by atoms with van der Waals surface area (Å²) >= 11 is 6.13. The fourth-order valence-electron chi connectivity index (χ4n) is 1.62. The fraction of sp³-hybridized carbons (Fsp3) is 0.455. The Kier molecular flexibility index (Phi) is 3.01. The van der Waals surface area contributed by atoms with Gasteiger partial charge in [0.05, 0.1) is 5.69 Å². The van der Waals surface area contributed by atoms with E-state index in [0.29, 0.717) is 11.1 Å². The summed E-state index contributed by atoms with van der Waals surface area (Å²) in [6.45, 7) is 5.11. The lowest BCUT2D eigenvalue weighted by Gasteiger charge is -2.05. The van der Waals surface area contributed by atoms with E-state index < -0.39 is 0 Å². The van der Waals surface area contributed by atoms with Crippen LogP contribution in [0.2, 0.25) is 5.15 Å². The average Bonchev–Trinajstić information content (AvgIpc) is 2.73. The fourth-order valence-corrected chi connectivity index (χ4v) is 1.83. The Hall–Kier alpha value is -1.29. The molecule has 2 aromatic heterocycles. The second kappa shape index (κ2) is 4.29. The summed E-state index contributed by atoms with van der Waals surface area (Å²) in [4.78, 5) is 0. The van der Waals surface area contributed by atoms with Gasteiger partial charge in [-0.05, 0) is 12.0 Å². The van der Waals surface area contributed by atoms with Gasteiger partial charge in [-0.2, -0.15) is 10.2 Å². The molecule has 16 heavy (non-hydrogen) atoms. The quantitative estimate of drug-likeness (QED) is 0.824. The Morgan fingerprint density at radius 2 is 2.19 bits per heavy atom. The number of nitrogens with zero attached hydrogens (tertiary/aromatic N) is 4. The molecule has 0 aliphatic heterocycles. The van der Waals surface area contributed by atoms with E-state index >= 15 is 0 Å². The predicted octanol–water partition coefficient (Wildman–Crippen LogP) is 2.59. The van der Waals surface area contributed by atoms with E-state index in [1.807, 2.05) is 23.9 Å². The summed E-state index contributed by atoms with van der Waals surface area (Å²) in [5.41, 5.74) is 1.84. The molecule has 0 amide bonds. The zero-order chi connectivity index (χ0) is 11.7. The standard InChI is InChI=1S/C11H15ClN4/c1-8(2)7-16-11(12)6-9(14-16)10-4-5-13-15(10)3/h4-6,8H,7H2,1-3H3. The summed E-state index contributed by atoms with van der Waals surface area (Å²) in [7, 11) is 1.89. The minimum Gasteiger partial charge on any atom is -0.266 e. The molecule has 0 aliphatic rings. The molecule has 0 bridgehead atoms. The molecule has 0 aromatic carbocycles. The van der Waals surface area contributed by atoms with Crippen molar-refractivity contribution in [2.45, 2.75) is 20.4 Å². The third-order valence-corrected chi connectivity index (χ3v) is 2.66. The van der Waals surface area contributed by atoms with Crippen molar-refractivity contribution in [1.82, 2.24) is 19.6 Å². The van der Waals surface area contributed by atoms with Gasteiger partial charge in [-0.15, -0.1) is 0 Å². The van der Waals surface area contributed by atoms with Gasteiger partial charge < -0.3 is 0 Å². The van der Waals surface area contributed by atoms with Crippen LogP contribution in [0.25, 0.3) is 11.4 Å². The molecule has 0 saturated heterocycles. The number of rotatable bonds is 3. The Balaban J connectivity index is 2.34. The van der Waals surface area contributed by atoms with Crippen molar-refractivity contribution < 1.29 is 0 Å². The Bertz CT molecular complexity index is 484. The van der Waals surface area contributed by atoms with Gasteiger partial charge in [-0.1, -0.05) is 25.4 Å². The first-order valence-electron chi connectivity index (χ1n) is 5.29. The average molecular weight is 239 g/mol. The van der Waals surface area contributed by atoms with Crippen molar-refractivity contribution in [3.8, 4) is 11.4 Å². The monoisotopic (exact) mass is 238 g/mol. The van der Waals surface area contributed by atoms with E-state index in [9.17, 15) is 0 Å². The number of hydrogen-bond donors (Lipinski definition) is 0. The third-order valence-electron chi connectivity index (χ3n) is 2.35. The first-order valence-corrected chi connectivity index (χ1v) is 5.67. The molecule has 0 radical (unpaired) electrons. The molecule has 0 atom stereocenters. The normalized spacial score (nSPS) is 11.3. The number of halogens is 1. The van der Waals surface area contributed by atoms with Crippen molar-refractivity contribution in [2.24, 2.45) is 13.0 Å². The molecule has 2 rings (SSSR count). The van der Waals surface area contributed by atoms with Gasteiger partial charge in [0.15, 0.2) is 0 Å². The molecule has 2 aromatic rings. The molecule has 0 fully saturated rings. The smallest absolute Gasteiger partial charge is 0.127 e. The molecule has 0 spiro atoms. The van der Waals surface area contributed by atoms with Crippen molar-refractivity contribution in [2.75, 3.05) is 0 Å². The van der Waals surface area contributed by atoms with E-state index in [2.05, 4.69) is 24.0 Å². The summed E-state index contributed by atoms with van der Waals surface area (Å²) in [5.74, 6) is 0.525. The van der Waals surface area contributed by atoms with Crippen LogP contribution < -0.4 is 0 Å². The maximum atomic E-state index is 6.13. The lowest BCUT2D eigenvalue weighted by Crippen LogP contribution is -2.06. The number of aromatic nitrogens is 4. The molecule has 5 heteroatoms. The second-order valence-electron chi connectivity index (χ2n) is 4.27. The van der Waals surface area contributed by atoms with Crippen molar-refractivity contribution >= 4 is 11.6 Å². The van der Waals surface area contributed by atoms with Gasteiger partial charge >= 0.3 is 0 Å². The summed E-state index contributed by atoms with van der Waals surface area (Å²) in [6.07, 6.45) is 1.75. The van der Waals surface area contributed by atoms with Crippen LogP contribution in [0.1, 0.15) is 13.8 Å². The number of aryl methyl sites for hydroxylation is 1. The highest BCUT2D eigenvalue weighted by Crippen LogP contribution is 2.21. The zero-order valence-corrected chi connectivity index (χ0v) is 10.4. The third kappa shape index (κ3) is 2.11. The van der Waals surface area contributed by atoms with Crippen LogP contribution in [0.4, 0.5) is 0 Å². The Labute approximate surface area is 99.8 Å². The van der Waals surface area contributed by atoms with Gasteiger partial charge in [-0.25, -0.2) is 0 Å². The van der Waals surface area contributed by atoms with Crippen molar-refractivity contribution in [3.63, 3.8) is 0 Å². The van der Waals surface area contributed by atoms with Gasteiger partial charge in [0.2, 0.25) is 0 Å². The molecular weight excluding hydrogens is 224 g/mol. The van der Waals surface area contributed by atoms with Gasteiger partial charge in [0.1, 0.15) is 10.8 Å². The van der Waals surface area contributed by atoms with Crippen LogP contribution in [0.15, 0.2) is 18.3 Å². The van der Waals surface area contributed by atoms with Crippen LogP contribution in [0.3, 0.4) is 0 Å². The molecule has 4 nitrogen and oxygen atoms in total. The second-order valence-corrected chi connectivity index (χ2v) is 4.66. The molecule has 86 valence electrons. The molecule has 2 heterocycles. The van der Waals surface area contributed by atoms with Crippen LogP contribution >= 0.6 is 11.6 Å². The van der Waals surface area contributed by atoms with Crippen molar-refractivity contribution in [3.05, 3.63) is 23.5 Å². The Morgan fingerprint density at radius 3 is 2.75 bits per heavy atom. The van der Waals surface area contributed by atoms with E-state index in [0.717, 1.165) is 17.9 Å². The van der Waals surface area contributed by atoms with Gasteiger partial charge in [0.25, 0.3) is 0 Å². The highest BCUT2D eigenvalue weighted by atomic mass is 35.5. The molecule has 0 unspecified atom stereocenters. The lowest BCUT2D eigenvalue weighted by atomic mass is 10.2. The van der Waals surface area contributed by atoms with E-state index in [1.54, 1.807) is 10.9 Å². The maximum Gasteiger partial charge on any atom is 0.127 e. The first-order chi connectivity index (χ1) is 7.58. The zero-order valence-electron chi connectivity index (χ0n) is 9.68. The minimum absolute atomic E-state index is 0.525. The minimum atomic E-state index is 0.525. The summed E-state index contributed by atoms with van der Waals surface area (Å²) in [6, 6.07) is 3.80. The van der Waals surface area contributed by atoms with Crippen molar-refractivity contribution in [1.29, 1.82) is 0 Å². The van der Waals surface area contributed by atoms with E-state index in [4.69, 9.17) is 11.6 Å².